The molecule has 0 unspecified atom stereocenters. The lowest BCUT2D eigenvalue weighted by Crippen LogP contribution is -2.40. The van der Waals surface area contributed by atoms with Crippen molar-refractivity contribution in [1.29, 1.82) is 0 Å². The van der Waals surface area contributed by atoms with Crippen LogP contribution in [0.5, 0.6) is 0 Å². The van der Waals surface area contributed by atoms with Crippen LogP contribution in [-0.2, 0) is 11.2 Å². The quantitative estimate of drug-likeness (QED) is 0.937. The monoisotopic (exact) mass is 328 g/mol. The number of likely N-dealkylation sites (tertiary alicyclic amines) is 1. The highest BCUT2D eigenvalue weighted by atomic mass is 16.6. The molecule has 1 saturated heterocycles. The Kier molecular flexibility index (Phi) is 4.55. The summed E-state index contributed by atoms with van der Waals surface area (Å²) in [5, 5.41) is 8.46. The molecule has 24 heavy (non-hydrogen) atoms. The number of carbonyl (C=O) groups excluding carboxylic acids is 1. The summed E-state index contributed by atoms with van der Waals surface area (Å²) in [6, 6.07) is 10.0. The SMILES string of the molecule is CC(C)(C)OC(=O)N1CCC[C@H]1Cc1nnc(-c2ccccc2)[nH]1. The van der Waals surface area contributed by atoms with Gasteiger partial charge in [-0.1, -0.05) is 30.3 Å². The minimum Gasteiger partial charge on any atom is -0.444 e. The lowest BCUT2D eigenvalue weighted by Gasteiger charge is -2.28. The second-order valence-electron chi connectivity index (χ2n) is 7.16. The van der Waals surface area contributed by atoms with Crippen molar-refractivity contribution < 1.29 is 9.53 Å². The predicted octanol–water partition coefficient (Wildman–Crippen LogP) is 3.41. The summed E-state index contributed by atoms with van der Waals surface area (Å²) < 4.78 is 5.50. The van der Waals surface area contributed by atoms with E-state index in [-0.39, 0.29) is 12.1 Å². The van der Waals surface area contributed by atoms with Crippen molar-refractivity contribution in [3.63, 3.8) is 0 Å². The van der Waals surface area contributed by atoms with Crippen LogP contribution >= 0.6 is 0 Å². The molecule has 0 spiro atoms. The number of H-pyrrole nitrogens is 1. The number of benzene rings is 1. The number of nitrogens with zero attached hydrogens (tertiary/aromatic N) is 3. The molecule has 1 N–H and O–H groups in total. The lowest BCUT2D eigenvalue weighted by atomic mass is 10.1. The van der Waals surface area contributed by atoms with Crippen LogP contribution in [0, 0.1) is 0 Å². The largest absolute Gasteiger partial charge is 0.444 e. The minimum atomic E-state index is -0.475. The van der Waals surface area contributed by atoms with Crippen LogP contribution in [0.25, 0.3) is 11.4 Å². The summed E-state index contributed by atoms with van der Waals surface area (Å²) >= 11 is 0. The van der Waals surface area contributed by atoms with Crippen LogP contribution in [0.3, 0.4) is 0 Å². The molecule has 1 aliphatic heterocycles. The Morgan fingerprint density at radius 2 is 2.04 bits per heavy atom. The maximum absolute atomic E-state index is 12.3. The number of hydrogen-bond donors (Lipinski definition) is 1. The molecule has 0 radical (unpaired) electrons. The third kappa shape index (κ3) is 3.93. The molecule has 128 valence electrons. The van der Waals surface area contributed by atoms with Gasteiger partial charge in [0.15, 0.2) is 5.82 Å². The zero-order chi connectivity index (χ0) is 17.2. The smallest absolute Gasteiger partial charge is 0.410 e. The number of rotatable bonds is 3. The molecule has 0 aliphatic carbocycles. The Labute approximate surface area is 142 Å². The van der Waals surface area contributed by atoms with E-state index in [4.69, 9.17) is 4.74 Å². The van der Waals surface area contributed by atoms with Crippen molar-refractivity contribution in [3.05, 3.63) is 36.2 Å². The Hall–Kier alpha value is -2.37. The van der Waals surface area contributed by atoms with E-state index in [9.17, 15) is 4.79 Å². The summed E-state index contributed by atoms with van der Waals surface area (Å²) in [6.07, 6.45) is 2.37. The van der Waals surface area contributed by atoms with Crippen LogP contribution in [-0.4, -0.2) is 44.4 Å². The molecule has 1 aliphatic rings. The Morgan fingerprint density at radius 1 is 1.29 bits per heavy atom. The number of aromatic nitrogens is 3. The molecule has 1 atom stereocenters. The summed E-state index contributed by atoms with van der Waals surface area (Å²) in [4.78, 5) is 17.4. The first kappa shape index (κ1) is 16.5. The average Bonchev–Trinajstić information content (AvgIpc) is 3.16. The fraction of sp³-hybridized carbons (Fsp3) is 0.500. The molecule has 2 aromatic rings. The van der Waals surface area contributed by atoms with Crippen molar-refractivity contribution in [2.24, 2.45) is 0 Å². The standard InChI is InChI=1S/C18H24N4O2/c1-18(2,3)24-17(23)22-11-7-10-14(22)12-15-19-16(21-20-15)13-8-5-4-6-9-13/h4-6,8-9,14H,7,10-12H2,1-3H3,(H,19,20,21)/t14-/m0/s1. The van der Waals surface area contributed by atoms with E-state index >= 15 is 0 Å². The van der Waals surface area contributed by atoms with E-state index in [1.54, 1.807) is 0 Å². The fourth-order valence-electron chi connectivity index (χ4n) is 2.95. The third-order valence-electron chi connectivity index (χ3n) is 4.01. The van der Waals surface area contributed by atoms with Gasteiger partial charge in [-0.2, -0.15) is 0 Å². The summed E-state index contributed by atoms with van der Waals surface area (Å²) in [6.45, 7) is 6.40. The molecule has 1 amide bonds. The highest BCUT2D eigenvalue weighted by molar-refractivity contribution is 5.69. The van der Waals surface area contributed by atoms with Gasteiger partial charge in [0, 0.05) is 24.6 Å². The first-order valence-corrected chi connectivity index (χ1v) is 8.39. The molecule has 1 fully saturated rings. The number of amides is 1. The number of hydrogen-bond acceptors (Lipinski definition) is 4. The van der Waals surface area contributed by atoms with Crippen LogP contribution in [0.4, 0.5) is 4.79 Å². The molecule has 6 nitrogen and oxygen atoms in total. The van der Waals surface area contributed by atoms with Crippen molar-refractivity contribution in [2.45, 2.75) is 51.7 Å². The van der Waals surface area contributed by atoms with Gasteiger partial charge in [-0.3, -0.25) is 0 Å². The molecule has 3 rings (SSSR count). The van der Waals surface area contributed by atoms with E-state index < -0.39 is 5.60 Å². The zero-order valence-electron chi connectivity index (χ0n) is 14.5. The summed E-state index contributed by atoms with van der Waals surface area (Å²) in [5.74, 6) is 1.56. The minimum absolute atomic E-state index is 0.108. The molecule has 0 bridgehead atoms. The van der Waals surface area contributed by atoms with Crippen molar-refractivity contribution in [3.8, 4) is 11.4 Å². The van der Waals surface area contributed by atoms with E-state index in [1.165, 1.54) is 0 Å². The fourth-order valence-corrected chi connectivity index (χ4v) is 2.95. The molecule has 0 saturated carbocycles. The van der Waals surface area contributed by atoms with Gasteiger partial charge in [0.2, 0.25) is 0 Å². The van der Waals surface area contributed by atoms with Gasteiger partial charge in [0.25, 0.3) is 0 Å². The van der Waals surface area contributed by atoms with Crippen LogP contribution in [0.1, 0.15) is 39.4 Å². The van der Waals surface area contributed by atoms with Crippen LogP contribution < -0.4 is 0 Å². The molecule has 1 aromatic carbocycles. The predicted molar refractivity (Wildman–Crippen MR) is 91.5 cm³/mol. The van der Waals surface area contributed by atoms with Gasteiger partial charge in [0.1, 0.15) is 11.4 Å². The van der Waals surface area contributed by atoms with E-state index in [2.05, 4.69) is 15.2 Å². The number of aromatic amines is 1. The second kappa shape index (κ2) is 6.63. The number of carbonyl (C=O) groups is 1. The van der Waals surface area contributed by atoms with E-state index in [1.807, 2.05) is 56.0 Å². The maximum atomic E-state index is 12.3. The highest BCUT2D eigenvalue weighted by Crippen LogP contribution is 2.23. The Bertz CT molecular complexity index is 691. The van der Waals surface area contributed by atoms with Crippen LogP contribution in [0.15, 0.2) is 30.3 Å². The zero-order valence-corrected chi connectivity index (χ0v) is 14.5. The highest BCUT2D eigenvalue weighted by Gasteiger charge is 2.32. The van der Waals surface area contributed by atoms with Crippen molar-refractivity contribution >= 4 is 6.09 Å². The van der Waals surface area contributed by atoms with Crippen LogP contribution in [0.2, 0.25) is 0 Å². The van der Waals surface area contributed by atoms with Gasteiger partial charge >= 0.3 is 6.09 Å². The third-order valence-corrected chi connectivity index (χ3v) is 4.01. The van der Waals surface area contributed by atoms with Gasteiger partial charge in [0.05, 0.1) is 0 Å². The van der Waals surface area contributed by atoms with Gasteiger partial charge in [-0.05, 0) is 33.6 Å². The number of nitrogens with one attached hydrogen (secondary N) is 1. The molecule has 2 heterocycles. The van der Waals surface area contributed by atoms with E-state index in [0.29, 0.717) is 6.42 Å². The van der Waals surface area contributed by atoms with Gasteiger partial charge in [-0.15, -0.1) is 10.2 Å². The van der Waals surface area contributed by atoms with E-state index in [0.717, 1.165) is 36.6 Å². The van der Waals surface area contributed by atoms with Crippen molar-refractivity contribution in [2.75, 3.05) is 6.54 Å². The molecule has 1 aromatic heterocycles. The molecular formula is C18H24N4O2. The Balaban J connectivity index is 1.67. The molecule has 6 heteroatoms. The van der Waals surface area contributed by atoms with Gasteiger partial charge in [-0.25, -0.2) is 4.79 Å². The Morgan fingerprint density at radius 3 is 2.75 bits per heavy atom. The second-order valence-corrected chi connectivity index (χ2v) is 7.16. The first-order chi connectivity index (χ1) is 11.4. The normalized spacial score (nSPS) is 18.0. The first-order valence-electron chi connectivity index (χ1n) is 8.39. The van der Waals surface area contributed by atoms with Gasteiger partial charge < -0.3 is 14.6 Å². The lowest BCUT2D eigenvalue weighted by molar-refractivity contribution is 0.0225. The average molecular weight is 328 g/mol. The van der Waals surface area contributed by atoms with Crippen molar-refractivity contribution in [1.82, 2.24) is 20.1 Å². The summed E-state index contributed by atoms with van der Waals surface area (Å²) in [5.41, 5.74) is 0.531. The number of ether oxygens (including phenoxy) is 1. The molecular weight excluding hydrogens is 304 g/mol. The maximum Gasteiger partial charge on any atom is 0.410 e. The topological polar surface area (TPSA) is 71.1 Å². The summed E-state index contributed by atoms with van der Waals surface area (Å²) in [7, 11) is 0.